The van der Waals surface area contributed by atoms with Crippen LogP contribution >= 0.6 is 0 Å². The third kappa shape index (κ3) is 8.45. The summed E-state index contributed by atoms with van der Waals surface area (Å²) in [7, 11) is 0. The molecule has 1 aromatic carbocycles. The minimum absolute atomic E-state index is 0.165. The highest BCUT2D eigenvalue weighted by Gasteiger charge is 2.24. The predicted molar refractivity (Wildman–Crippen MR) is 111 cm³/mol. The topological polar surface area (TPSA) is 144 Å². The zero-order chi connectivity index (χ0) is 22.9. The van der Waals surface area contributed by atoms with Crippen molar-refractivity contribution < 1.29 is 24.2 Å². The summed E-state index contributed by atoms with van der Waals surface area (Å²) in [4.78, 5) is 35.5. The van der Waals surface area contributed by atoms with Crippen LogP contribution < -0.4 is 5.32 Å². The summed E-state index contributed by atoms with van der Waals surface area (Å²) < 4.78 is 5.19. The Morgan fingerprint density at radius 3 is 2.29 bits per heavy atom. The van der Waals surface area contributed by atoms with Gasteiger partial charge in [-0.15, -0.1) is 20.4 Å². The monoisotopic (exact) mass is 429 g/mol. The molecule has 1 heterocycles. The van der Waals surface area contributed by atoms with Crippen molar-refractivity contribution in [2.75, 3.05) is 6.54 Å². The molecule has 2 aromatic rings. The molecule has 2 N–H and O–H groups in total. The highest BCUT2D eigenvalue weighted by Crippen LogP contribution is 2.17. The fourth-order valence-corrected chi connectivity index (χ4v) is 2.81. The summed E-state index contributed by atoms with van der Waals surface area (Å²) in [5.41, 5.74) is 0.528. The minimum Gasteiger partial charge on any atom is -0.481 e. The van der Waals surface area contributed by atoms with Crippen LogP contribution in [-0.4, -0.2) is 55.5 Å². The van der Waals surface area contributed by atoms with Gasteiger partial charge in [-0.05, 0) is 45.7 Å². The van der Waals surface area contributed by atoms with Crippen LogP contribution in [0.25, 0.3) is 11.4 Å². The molecule has 1 amide bonds. The van der Waals surface area contributed by atoms with E-state index in [-0.39, 0.29) is 12.3 Å². The third-order valence-corrected chi connectivity index (χ3v) is 4.26. The van der Waals surface area contributed by atoms with Gasteiger partial charge in [0.2, 0.25) is 5.82 Å². The van der Waals surface area contributed by atoms with E-state index in [9.17, 15) is 19.5 Å². The number of amides is 1. The van der Waals surface area contributed by atoms with Crippen LogP contribution in [-0.2, 0) is 14.3 Å². The Morgan fingerprint density at radius 2 is 1.71 bits per heavy atom. The van der Waals surface area contributed by atoms with E-state index in [1.165, 1.54) is 6.33 Å². The fourth-order valence-electron chi connectivity index (χ4n) is 2.81. The number of nitrogens with one attached hydrogen (secondary N) is 1. The van der Waals surface area contributed by atoms with E-state index in [0.29, 0.717) is 42.8 Å². The van der Waals surface area contributed by atoms with Crippen LogP contribution in [0.4, 0.5) is 0 Å². The smallest absolute Gasteiger partial charge is 0.307 e. The summed E-state index contributed by atoms with van der Waals surface area (Å²) in [6, 6.07) is 6.73. The number of carboxylic acid groups (broad SMARTS) is 1. The largest absolute Gasteiger partial charge is 0.481 e. The summed E-state index contributed by atoms with van der Waals surface area (Å²) in [6.45, 7) is 5.61. The lowest BCUT2D eigenvalue weighted by Crippen LogP contribution is -2.27. The van der Waals surface area contributed by atoms with E-state index in [4.69, 9.17) is 4.74 Å². The van der Waals surface area contributed by atoms with Gasteiger partial charge in [0, 0.05) is 17.7 Å². The van der Waals surface area contributed by atoms with Crippen molar-refractivity contribution in [3.63, 3.8) is 0 Å². The molecule has 166 valence electrons. The van der Waals surface area contributed by atoms with Gasteiger partial charge in [-0.25, -0.2) is 0 Å². The molecule has 10 nitrogen and oxygen atoms in total. The summed E-state index contributed by atoms with van der Waals surface area (Å²) in [5.74, 6) is -2.22. The number of aliphatic carboxylic acids is 1. The van der Waals surface area contributed by atoms with Crippen LogP contribution in [0.1, 0.15) is 56.8 Å². The van der Waals surface area contributed by atoms with Gasteiger partial charge in [0.15, 0.2) is 6.33 Å². The molecule has 0 aliphatic rings. The average Bonchev–Trinajstić information content (AvgIpc) is 2.72. The zero-order valence-corrected chi connectivity index (χ0v) is 17.9. The molecule has 0 saturated carbocycles. The van der Waals surface area contributed by atoms with Crippen molar-refractivity contribution in [2.24, 2.45) is 5.92 Å². The number of rotatable bonds is 10. The van der Waals surface area contributed by atoms with Gasteiger partial charge < -0.3 is 15.2 Å². The molecule has 2 rings (SSSR count). The lowest BCUT2D eigenvalue weighted by molar-refractivity contribution is -0.160. The number of aromatic nitrogens is 4. The average molecular weight is 429 g/mol. The molecule has 1 unspecified atom stereocenters. The second-order valence-electron chi connectivity index (χ2n) is 8.02. The Kier molecular flexibility index (Phi) is 8.53. The predicted octanol–water partition coefficient (Wildman–Crippen LogP) is 2.27. The summed E-state index contributed by atoms with van der Waals surface area (Å²) in [6.07, 6.45) is 2.56. The maximum atomic E-state index is 12.3. The number of benzene rings is 1. The molecule has 0 saturated heterocycles. The van der Waals surface area contributed by atoms with E-state index in [2.05, 4.69) is 25.7 Å². The molecule has 1 aromatic heterocycles. The van der Waals surface area contributed by atoms with Crippen molar-refractivity contribution in [3.8, 4) is 11.4 Å². The molecule has 10 heteroatoms. The van der Waals surface area contributed by atoms with Crippen LogP contribution in [0.15, 0.2) is 30.6 Å². The Bertz CT molecular complexity index is 881. The first-order chi connectivity index (χ1) is 14.7. The van der Waals surface area contributed by atoms with Gasteiger partial charge in [-0.2, -0.15) is 0 Å². The number of carbonyl (C=O) groups excluding carboxylic acids is 2. The lowest BCUT2D eigenvalue weighted by atomic mass is 9.98. The first kappa shape index (κ1) is 23.8. The first-order valence-corrected chi connectivity index (χ1v) is 9.99. The summed E-state index contributed by atoms with van der Waals surface area (Å²) in [5, 5.41) is 27.2. The zero-order valence-electron chi connectivity index (χ0n) is 17.9. The minimum atomic E-state index is -1.03. The van der Waals surface area contributed by atoms with Crippen LogP contribution in [0, 0.1) is 5.92 Å². The molecule has 1 atom stereocenters. The van der Waals surface area contributed by atoms with E-state index in [1.54, 1.807) is 45.0 Å². The van der Waals surface area contributed by atoms with Crippen LogP contribution in [0.3, 0.4) is 0 Å². The summed E-state index contributed by atoms with van der Waals surface area (Å²) >= 11 is 0. The number of unbranched alkanes of at least 4 members (excludes halogenated alkanes) is 1. The number of carboxylic acids is 1. The number of esters is 1. The number of hydrogen-bond donors (Lipinski definition) is 2. The molecule has 0 aliphatic carbocycles. The quantitative estimate of drug-likeness (QED) is 0.429. The Balaban J connectivity index is 1.74. The number of ether oxygens (including phenoxy) is 1. The molecule has 0 radical (unpaired) electrons. The molecule has 0 spiro atoms. The van der Waals surface area contributed by atoms with Crippen molar-refractivity contribution in [3.05, 3.63) is 36.2 Å². The molecule has 31 heavy (non-hydrogen) atoms. The SMILES string of the molecule is CC(C)(C)OC(=O)CC(CCCCNC(=O)c1ccc(-c2nncnn2)cc1)C(=O)O. The van der Waals surface area contributed by atoms with E-state index in [0.717, 1.165) is 0 Å². The van der Waals surface area contributed by atoms with Gasteiger partial charge in [0.1, 0.15) is 5.60 Å². The Hall–Kier alpha value is -3.43. The first-order valence-electron chi connectivity index (χ1n) is 9.99. The van der Waals surface area contributed by atoms with Crippen molar-refractivity contribution in [2.45, 2.75) is 52.1 Å². The van der Waals surface area contributed by atoms with Gasteiger partial charge in [0.05, 0.1) is 12.3 Å². The van der Waals surface area contributed by atoms with E-state index in [1.807, 2.05) is 0 Å². The highest BCUT2D eigenvalue weighted by molar-refractivity contribution is 5.94. The molecule has 0 bridgehead atoms. The fraction of sp³-hybridized carbons (Fsp3) is 0.476. The number of carbonyl (C=O) groups is 3. The standard InChI is InChI=1S/C21H27N5O5/c1-21(2,3)31-17(27)12-16(20(29)30)6-4-5-11-22-19(28)15-9-7-14(8-10-15)18-25-23-13-24-26-18/h7-10,13,16H,4-6,11-12H2,1-3H3,(H,22,28)(H,29,30). The molecular formula is C21H27N5O5. The van der Waals surface area contributed by atoms with Gasteiger partial charge >= 0.3 is 11.9 Å². The number of nitrogens with zero attached hydrogens (tertiary/aromatic N) is 4. The van der Waals surface area contributed by atoms with Crippen LogP contribution in [0.2, 0.25) is 0 Å². The van der Waals surface area contributed by atoms with Crippen molar-refractivity contribution >= 4 is 17.8 Å². The lowest BCUT2D eigenvalue weighted by Gasteiger charge is -2.21. The second-order valence-corrected chi connectivity index (χ2v) is 8.02. The van der Waals surface area contributed by atoms with Gasteiger partial charge in [-0.1, -0.05) is 18.6 Å². The third-order valence-electron chi connectivity index (χ3n) is 4.26. The van der Waals surface area contributed by atoms with Crippen LogP contribution in [0.5, 0.6) is 0 Å². The maximum absolute atomic E-state index is 12.3. The maximum Gasteiger partial charge on any atom is 0.307 e. The Labute approximate surface area is 180 Å². The molecule has 0 fully saturated rings. The van der Waals surface area contributed by atoms with Gasteiger partial charge in [-0.3, -0.25) is 14.4 Å². The van der Waals surface area contributed by atoms with E-state index < -0.39 is 23.5 Å². The van der Waals surface area contributed by atoms with Crippen molar-refractivity contribution in [1.82, 2.24) is 25.7 Å². The number of hydrogen-bond acceptors (Lipinski definition) is 8. The molecular weight excluding hydrogens is 402 g/mol. The van der Waals surface area contributed by atoms with Crippen molar-refractivity contribution in [1.29, 1.82) is 0 Å². The highest BCUT2D eigenvalue weighted by atomic mass is 16.6. The second kappa shape index (κ2) is 11.1. The molecule has 0 aliphatic heterocycles. The normalized spacial score (nSPS) is 12.1. The van der Waals surface area contributed by atoms with Gasteiger partial charge in [0.25, 0.3) is 5.91 Å². The Morgan fingerprint density at radius 1 is 1.06 bits per heavy atom. The van der Waals surface area contributed by atoms with E-state index >= 15 is 0 Å².